The average molecular weight is 198 g/mol. The highest BCUT2D eigenvalue weighted by Crippen LogP contribution is 2.33. The second kappa shape index (κ2) is 3.85. The fraction of sp³-hybridized carbons (Fsp3) is 0.214. The van der Waals surface area contributed by atoms with Crippen LogP contribution in [0, 0.1) is 0 Å². The Morgan fingerprint density at radius 3 is 2.53 bits per heavy atom. The molecule has 1 heteroatoms. The third kappa shape index (κ3) is 1.54. The van der Waals surface area contributed by atoms with Crippen LogP contribution < -0.4 is 0 Å². The first-order valence-electron chi connectivity index (χ1n) is 5.27. The Hall–Kier alpha value is -1.63. The maximum atomic E-state index is 11.9. The van der Waals surface area contributed by atoms with E-state index in [1.165, 1.54) is 0 Å². The van der Waals surface area contributed by atoms with Crippen LogP contribution >= 0.6 is 0 Å². The highest BCUT2D eigenvalue weighted by molar-refractivity contribution is 6.21. The summed E-state index contributed by atoms with van der Waals surface area (Å²) in [5.74, 6) is 0.168. The van der Waals surface area contributed by atoms with Gasteiger partial charge < -0.3 is 0 Å². The van der Waals surface area contributed by atoms with Gasteiger partial charge in [0.1, 0.15) is 0 Å². The molecule has 0 bridgehead atoms. The van der Waals surface area contributed by atoms with Gasteiger partial charge in [0.25, 0.3) is 0 Å². The van der Waals surface area contributed by atoms with Crippen molar-refractivity contribution in [3.8, 4) is 0 Å². The first-order valence-corrected chi connectivity index (χ1v) is 5.27. The molecule has 1 aromatic rings. The molecule has 1 nitrogen and oxygen atoms in total. The lowest BCUT2D eigenvalue weighted by atomic mass is 10.1. The highest BCUT2D eigenvalue weighted by Gasteiger charge is 2.24. The van der Waals surface area contributed by atoms with Gasteiger partial charge in [-0.15, -0.1) is 0 Å². The topological polar surface area (TPSA) is 17.1 Å². The lowest BCUT2D eigenvalue weighted by Crippen LogP contribution is -1.94. The zero-order valence-electron chi connectivity index (χ0n) is 9.08. The molecule has 0 atom stereocenters. The number of fused-ring (bicyclic) bond motifs is 1. The Morgan fingerprint density at radius 1 is 1.20 bits per heavy atom. The molecule has 76 valence electrons. The second-order valence-electron chi connectivity index (χ2n) is 3.72. The van der Waals surface area contributed by atoms with Crippen molar-refractivity contribution in [1.82, 2.24) is 0 Å². The van der Waals surface area contributed by atoms with Crippen molar-refractivity contribution >= 4 is 11.4 Å². The van der Waals surface area contributed by atoms with Gasteiger partial charge in [-0.05, 0) is 24.5 Å². The monoisotopic (exact) mass is 198 g/mol. The first kappa shape index (κ1) is 9.91. The van der Waals surface area contributed by atoms with Gasteiger partial charge in [-0.3, -0.25) is 4.79 Å². The predicted octanol–water partition coefficient (Wildman–Crippen LogP) is 3.62. The van der Waals surface area contributed by atoms with Gasteiger partial charge in [0.15, 0.2) is 5.78 Å². The number of allylic oxidation sites excluding steroid dienone is 4. The van der Waals surface area contributed by atoms with Gasteiger partial charge in [0.05, 0.1) is 0 Å². The number of hydrogen-bond donors (Lipinski definition) is 0. The molecule has 0 aromatic heterocycles. The van der Waals surface area contributed by atoms with E-state index in [1.54, 1.807) is 0 Å². The zero-order chi connectivity index (χ0) is 10.8. The van der Waals surface area contributed by atoms with Crippen molar-refractivity contribution in [3.63, 3.8) is 0 Å². The Bertz CT molecular complexity index is 464. The molecule has 2 rings (SSSR count). The lowest BCUT2D eigenvalue weighted by molar-refractivity contribution is 0.103. The number of Topliss-reactive ketones (excluding diaryl/α,β-unsaturated/α-hetero) is 1. The summed E-state index contributed by atoms with van der Waals surface area (Å²) in [6.45, 7) is 3.99. The molecule has 0 spiro atoms. The molecule has 1 aromatic carbocycles. The van der Waals surface area contributed by atoms with E-state index in [2.05, 4.69) is 19.1 Å². The SMILES string of the molecule is CC/C=C\C1=C(C)C(=O)c2ccccc21. The van der Waals surface area contributed by atoms with Crippen LogP contribution in [0.15, 0.2) is 42.0 Å². The van der Waals surface area contributed by atoms with Crippen LogP contribution in [0.4, 0.5) is 0 Å². The van der Waals surface area contributed by atoms with E-state index in [4.69, 9.17) is 0 Å². The maximum absolute atomic E-state index is 11.9. The summed E-state index contributed by atoms with van der Waals surface area (Å²) >= 11 is 0. The van der Waals surface area contributed by atoms with Gasteiger partial charge in [0, 0.05) is 11.1 Å². The van der Waals surface area contributed by atoms with E-state index in [-0.39, 0.29) is 5.78 Å². The van der Waals surface area contributed by atoms with Crippen LogP contribution in [0.5, 0.6) is 0 Å². The molecule has 0 N–H and O–H groups in total. The summed E-state index contributed by atoms with van der Waals surface area (Å²) in [6, 6.07) is 7.80. The van der Waals surface area contributed by atoms with Crippen LogP contribution in [0.25, 0.3) is 5.57 Å². The maximum Gasteiger partial charge on any atom is 0.189 e. The van der Waals surface area contributed by atoms with Crippen LogP contribution in [-0.2, 0) is 0 Å². The third-order valence-electron chi connectivity index (χ3n) is 2.73. The van der Waals surface area contributed by atoms with E-state index in [9.17, 15) is 4.79 Å². The molecule has 0 saturated heterocycles. The largest absolute Gasteiger partial charge is 0.289 e. The fourth-order valence-electron chi connectivity index (χ4n) is 1.89. The molecule has 1 aliphatic rings. The smallest absolute Gasteiger partial charge is 0.189 e. The summed E-state index contributed by atoms with van der Waals surface area (Å²) in [4.78, 5) is 11.9. The first-order chi connectivity index (χ1) is 7.25. The van der Waals surface area contributed by atoms with E-state index in [0.29, 0.717) is 0 Å². The Labute approximate surface area is 90.1 Å². The molecule has 0 radical (unpaired) electrons. The number of hydrogen-bond acceptors (Lipinski definition) is 1. The number of ketones is 1. The summed E-state index contributed by atoms with van der Waals surface area (Å²) < 4.78 is 0. The molecular weight excluding hydrogens is 184 g/mol. The predicted molar refractivity (Wildman–Crippen MR) is 62.8 cm³/mol. The van der Waals surface area contributed by atoms with Gasteiger partial charge in [-0.25, -0.2) is 0 Å². The highest BCUT2D eigenvalue weighted by atomic mass is 16.1. The van der Waals surface area contributed by atoms with Crippen LogP contribution in [0.1, 0.15) is 36.2 Å². The Morgan fingerprint density at radius 2 is 1.87 bits per heavy atom. The molecule has 0 saturated carbocycles. The molecule has 0 aliphatic heterocycles. The van der Waals surface area contributed by atoms with E-state index >= 15 is 0 Å². The van der Waals surface area contributed by atoms with Gasteiger partial charge in [-0.1, -0.05) is 43.3 Å². The average Bonchev–Trinajstić information content (AvgIpc) is 2.51. The second-order valence-corrected chi connectivity index (χ2v) is 3.72. The van der Waals surface area contributed by atoms with E-state index < -0.39 is 0 Å². The normalized spacial score (nSPS) is 15.2. The minimum absolute atomic E-state index is 0.168. The van der Waals surface area contributed by atoms with Crippen molar-refractivity contribution in [2.75, 3.05) is 0 Å². The van der Waals surface area contributed by atoms with Crippen molar-refractivity contribution in [2.24, 2.45) is 0 Å². The fourth-order valence-corrected chi connectivity index (χ4v) is 1.89. The van der Waals surface area contributed by atoms with Gasteiger partial charge in [0.2, 0.25) is 0 Å². The number of benzene rings is 1. The van der Waals surface area contributed by atoms with Crippen LogP contribution in [-0.4, -0.2) is 5.78 Å². The van der Waals surface area contributed by atoms with Crippen LogP contribution in [0.2, 0.25) is 0 Å². The molecule has 0 fully saturated rings. The van der Waals surface area contributed by atoms with Crippen LogP contribution in [0.3, 0.4) is 0 Å². The zero-order valence-corrected chi connectivity index (χ0v) is 9.08. The number of rotatable bonds is 2. The van der Waals surface area contributed by atoms with Gasteiger partial charge in [-0.2, -0.15) is 0 Å². The summed E-state index contributed by atoms with van der Waals surface area (Å²) in [5, 5.41) is 0. The summed E-state index contributed by atoms with van der Waals surface area (Å²) in [5.41, 5.74) is 3.86. The molecule has 0 unspecified atom stereocenters. The van der Waals surface area contributed by atoms with Crippen molar-refractivity contribution < 1.29 is 4.79 Å². The molecule has 0 amide bonds. The standard InChI is InChI=1S/C14H14O/c1-3-4-7-11-10(2)14(15)13-9-6-5-8-12(11)13/h4-9H,3H2,1-2H3/b7-4-. The molecule has 15 heavy (non-hydrogen) atoms. The summed E-state index contributed by atoms with van der Waals surface area (Å²) in [7, 11) is 0. The van der Waals surface area contributed by atoms with E-state index in [1.807, 2.05) is 31.2 Å². The number of carbonyl (C=O) groups is 1. The Balaban J connectivity index is 2.54. The van der Waals surface area contributed by atoms with Crippen molar-refractivity contribution in [2.45, 2.75) is 20.3 Å². The van der Waals surface area contributed by atoms with Gasteiger partial charge >= 0.3 is 0 Å². The quantitative estimate of drug-likeness (QED) is 0.709. The molecule has 1 aliphatic carbocycles. The Kier molecular flexibility index (Phi) is 2.55. The minimum Gasteiger partial charge on any atom is -0.289 e. The van der Waals surface area contributed by atoms with Crippen molar-refractivity contribution in [1.29, 1.82) is 0 Å². The molecular formula is C14H14O. The van der Waals surface area contributed by atoms with E-state index in [0.717, 1.165) is 28.7 Å². The third-order valence-corrected chi connectivity index (χ3v) is 2.73. The minimum atomic E-state index is 0.168. The molecule has 0 heterocycles. The lowest BCUT2D eigenvalue weighted by Gasteiger charge is -1.98. The number of carbonyl (C=O) groups excluding carboxylic acids is 1. The summed E-state index contributed by atoms with van der Waals surface area (Å²) in [6.07, 6.45) is 5.14. The van der Waals surface area contributed by atoms with Crippen molar-refractivity contribution in [3.05, 3.63) is 53.1 Å².